The summed E-state index contributed by atoms with van der Waals surface area (Å²) in [4.78, 5) is 0. The molecule has 0 bridgehead atoms. The number of sulfonamides is 1. The van der Waals surface area contributed by atoms with E-state index < -0.39 is 16.1 Å². The third-order valence-electron chi connectivity index (χ3n) is 3.64. The number of nitrogens with zero attached hydrogens (tertiary/aromatic N) is 2. The fourth-order valence-corrected chi connectivity index (χ4v) is 3.87. The lowest BCUT2D eigenvalue weighted by Crippen LogP contribution is -2.31. The summed E-state index contributed by atoms with van der Waals surface area (Å²) in [5.41, 5.74) is 1.70. The van der Waals surface area contributed by atoms with E-state index in [2.05, 4.69) is 14.9 Å². The third kappa shape index (κ3) is 4.98. The fraction of sp³-hybridized carbons (Fsp3) is 0.222. The van der Waals surface area contributed by atoms with Gasteiger partial charge >= 0.3 is 0 Å². The highest BCUT2D eigenvalue weighted by Crippen LogP contribution is 2.19. The van der Waals surface area contributed by atoms with Crippen molar-refractivity contribution in [2.24, 2.45) is 0 Å². The number of benzene rings is 2. The van der Waals surface area contributed by atoms with E-state index in [0.29, 0.717) is 12.3 Å². The topological polar surface area (TPSA) is 85.1 Å². The van der Waals surface area contributed by atoms with Crippen molar-refractivity contribution in [3.05, 3.63) is 83.6 Å². The summed E-state index contributed by atoms with van der Waals surface area (Å²) in [5.74, 6) is 0.556. The Morgan fingerprint density at radius 3 is 2.12 bits per heavy atom. The quantitative estimate of drug-likeness (QED) is 0.703. The molecule has 1 atom stereocenters. The number of aryl methyl sites for hydroxylation is 1. The zero-order chi connectivity index (χ0) is 17.7. The monoisotopic (exact) mass is 357 g/mol. The molecule has 1 N–H and O–H groups in total. The van der Waals surface area contributed by atoms with Crippen LogP contribution in [0.3, 0.4) is 0 Å². The van der Waals surface area contributed by atoms with Crippen LogP contribution in [0.4, 0.5) is 0 Å². The van der Waals surface area contributed by atoms with E-state index in [-0.39, 0.29) is 11.6 Å². The summed E-state index contributed by atoms with van der Waals surface area (Å²) >= 11 is 0. The predicted molar refractivity (Wildman–Crippen MR) is 94.1 cm³/mol. The standard InChI is InChI=1S/C18H19N3O3S/c1-14-19-20-18(24-14)17(12-15-8-4-2-5-9-15)21-25(22,23)13-16-10-6-3-7-11-16/h2-11,17,21H,12-13H2,1H3. The van der Waals surface area contributed by atoms with E-state index in [4.69, 9.17) is 4.42 Å². The minimum atomic E-state index is -3.57. The molecule has 2 aromatic carbocycles. The van der Waals surface area contributed by atoms with E-state index >= 15 is 0 Å². The molecule has 1 aromatic heterocycles. The maximum absolute atomic E-state index is 12.6. The van der Waals surface area contributed by atoms with Gasteiger partial charge in [-0.2, -0.15) is 0 Å². The Morgan fingerprint density at radius 2 is 1.56 bits per heavy atom. The number of hydrogen-bond acceptors (Lipinski definition) is 5. The Bertz CT molecular complexity index is 909. The van der Waals surface area contributed by atoms with Crippen molar-refractivity contribution >= 4 is 10.0 Å². The summed E-state index contributed by atoms with van der Waals surface area (Å²) in [6.45, 7) is 1.68. The molecule has 0 saturated carbocycles. The molecule has 130 valence electrons. The molecule has 0 amide bonds. The van der Waals surface area contributed by atoms with Crippen molar-refractivity contribution in [1.82, 2.24) is 14.9 Å². The Kier molecular flexibility index (Phi) is 5.25. The van der Waals surface area contributed by atoms with Crippen LogP contribution in [0.25, 0.3) is 0 Å². The summed E-state index contributed by atoms with van der Waals surface area (Å²) in [6.07, 6.45) is 0.427. The van der Waals surface area contributed by atoms with Crippen LogP contribution in [0.5, 0.6) is 0 Å². The van der Waals surface area contributed by atoms with Gasteiger partial charge in [0.25, 0.3) is 0 Å². The van der Waals surface area contributed by atoms with Crippen molar-refractivity contribution in [3.8, 4) is 0 Å². The normalized spacial score (nSPS) is 12.8. The summed E-state index contributed by atoms with van der Waals surface area (Å²) < 4.78 is 33.3. The first kappa shape index (κ1) is 17.3. The molecule has 0 aliphatic rings. The highest BCUT2D eigenvalue weighted by Gasteiger charge is 2.24. The van der Waals surface area contributed by atoms with Gasteiger partial charge in [0.2, 0.25) is 21.8 Å². The molecule has 0 radical (unpaired) electrons. The van der Waals surface area contributed by atoms with E-state index in [1.807, 2.05) is 48.5 Å². The molecule has 3 aromatic rings. The fourth-order valence-electron chi connectivity index (χ4n) is 2.53. The van der Waals surface area contributed by atoms with Gasteiger partial charge in [-0.1, -0.05) is 60.7 Å². The van der Waals surface area contributed by atoms with Crippen LogP contribution >= 0.6 is 0 Å². The summed E-state index contributed by atoms with van der Waals surface area (Å²) in [7, 11) is -3.57. The highest BCUT2D eigenvalue weighted by molar-refractivity contribution is 7.88. The minimum absolute atomic E-state index is 0.105. The van der Waals surface area contributed by atoms with Crippen LogP contribution in [0.1, 0.15) is 29.0 Å². The molecule has 0 saturated heterocycles. The number of hydrogen-bond donors (Lipinski definition) is 1. The van der Waals surface area contributed by atoms with Gasteiger partial charge < -0.3 is 4.42 Å². The Morgan fingerprint density at radius 1 is 0.960 bits per heavy atom. The van der Waals surface area contributed by atoms with E-state index in [1.165, 1.54) is 0 Å². The van der Waals surface area contributed by atoms with Crippen molar-refractivity contribution < 1.29 is 12.8 Å². The van der Waals surface area contributed by atoms with Crippen LogP contribution in [0, 0.1) is 6.92 Å². The van der Waals surface area contributed by atoms with Crippen LogP contribution in [0.15, 0.2) is 65.1 Å². The number of nitrogens with one attached hydrogen (secondary N) is 1. The zero-order valence-electron chi connectivity index (χ0n) is 13.8. The molecular formula is C18H19N3O3S. The highest BCUT2D eigenvalue weighted by atomic mass is 32.2. The molecule has 0 aliphatic carbocycles. The maximum Gasteiger partial charge on any atom is 0.234 e. The average Bonchev–Trinajstić information content (AvgIpc) is 3.02. The van der Waals surface area contributed by atoms with Crippen molar-refractivity contribution in [2.75, 3.05) is 0 Å². The van der Waals surface area contributed by atoms with E-state index in [0.717, 1.165) is 11.1 Å². The van der Waals surface area contributed by atoms with Crippen LogP contribution in [-0.2, 0) is 22.2 Å². The molecule has 7 heteroatoms. The first-order valence-electron chi connectivity index (χ1n) is 7.90. The average molecular weight is 357 g/mol. The molecule has 6 nitrogen and oxygen atoms in total. The molecule has 25 heavy (non-hydrogen) atoms. The second-order valence-corrected chi connectivity index (χ2v) is 7.52. The van der Waals surface area contributed by atoms with Gasteiger partial charge in [0.1, 0.15) is 6.04 Å². The summed E-state index contributed by atoms with van der Waals surface area (Å²) in [5, 5.41) is 7.80. The third-order valence-corrected chi connectivity index (χ3v) is 5.00. The largest absolute Gasteiger partial charge is 0.424 e. The van der Waals surface area contributed by atoms with Gasteiger partial charge in [0, 0.05) is 6.92 Å². The molecule has 1 unspecified atom stereocenters. The minimum Gasteiger partial charge on any atom is -0.424 e. The summed E-state index contributed by atoms with van der Waals surface area (Å²) in [6, 6.07) is 18.0. The Hall–Kier alpha value is -2.51. The van der Waals surface area contributed by atoms with Crippen molar-refractivity contribution in [1.29, 1.82) is 0 Å². The molecule has 0 aliphatic heterocycles. The lowest BCUT2D eigenvalue weighted by molar-refractivity contribution is 0.411. The molecular weight excluding hydrogens is 338 g/mol. The SMILES string of the molecule is Cc1nnc(C(Cc2ccccc2)NS(=O)(=O)Cc2ccccc2)o1. The Balaban J connectivity index is 1.81. The molecule has 0 fully saturated rings. The van der Waals surface area contributed by atoms with Crippen LogP contribution < -0.4 is 4.72 Å². The van der Waals surface area contributed by atoms with Gasteiger partial charge in [-0.05, 0) is 17.5 Å². The second kappa shape index (κ2) is 7.58. The van der Waals surface area contributed by atoms with Crippen molar-refractivity contribution in [3.63, 3.8) is 0 Å². The molecule has 0 spiro atoms. The smallest absolute Gasteiger partial charge is 0.234 e. The lowest BCUT2D eigenvalue weighted by atomic mass is 10.1. The zero-order valence-corrected chi connectivity index (χ0v) is 14.6. The molecule has 1 heterocycles. The van der Waals surface area contributed by atoms with E-state index in [1.54, 1.807) is 19.1 Å². The predicted octanol–water partition coefficient (Wildman–Crippen LogP) is 2.78. The van der Waals surface area contributed by atoms with Gasteiger partial charge in [-0.15, -0.1) is 10.2 Å². The second-order valence-electron chi connectivity index (χ2n) is 5.76. The van der Waals surface area contributed by atoms with Crippen molar-refractivity contribution in [2.45, 2.75) is 25.1 Å². The van der Waals surface area contributed by atoms with Crippen LogP contribution in [-0.4, -0.2) is 18.6 Å². The van der Waals surface area contributed by atoms with Gasteiger partial charge in [-0.3, -0.25) is 0 Å². The lowest BCUT2D eigenvalue weighted by Gasteiger charge is -2.16. The van der Waals surface area contributed by atoms with Gasteiger partial charge in [-0.25, -0.2) is 13.1 Å². The number of aromatic nitrogens is 2. The molecule has 3 rings (SSSR count). The maximum atomic E-state index is 12.6. The Labute approximate surface area is 147 Å². The first-order chi connectivity index (χ1) is 12.0. The first-order valence-corrected chi connectivity index (χ1v) is 9.55. The van der Waals surface area contributed by atoms with Gasteiger partial charge in [0.05, 0.1) is 5.75 Å². The number of rotatable bonds is 7. The van der Waals surface area contributed by atoms with Crippen LogP contribution in [0.2, 0.25) is 0 Å². The van der Waals surface area contributed by atoms with E-state index in [9.17, 15) is 8.42 Å². The van der Waals surface area contributed by atoms with Gasteiger partial charge in [0.15, 0.2) is 0 Å².